The zero-order valence-electron chi connectivity index (χ0n) is 9.77. The summed E-state index contributed by atoms with van der Waals surface area (Å²) >= 11 is 1.67. The van der Waals surface area contributed by atoms with E-state index in [0.29, 0.717) is 0 Å². The zero-order chi connectivity index (χ0) is 11.5. The molecular weight excluding hydrogens is 204 g/mol. The zero-order valence-corrected chi connectivity index (χ0v) is 10.6. The molecule has 0 saturated carbocycles. The van der Waals surface area contributed by atoms with Crippen LogP contribution in [0.15, 0.2) is 36.0 Å². The van der Waals surface area contributed by atoms with Gasteiger partial charge in [0.25, 0.3) is 0 Å². The number of pyridine rings is 1. The second kappa shape index (κ2) is 9.34. The lowest BCUT2D eigenvalue weighted by molar-refractivity contribution is 1.20. The van der Waals surface area contributed by atoms with Crippen LogP contribution >= 0.6 is 11.3 Å². The van der Waals surface area contributed by atoms with E-state index < -0.39 is 0 Å². The van der Waals surface area contributed by atoms with Gasteiger partial charge in [-0.1, -0.05) is 19.9 Å². The number of hydrogen-bond donors (Lipinski definition) is 0. The molecule has 0 unspecified atom stereocenters. The molecule has 0 radical (unpaired) electrons. The Bertz CT molecular complexity index is 317. The first kappa shape index (κ1) is 13.8. The molecule has 2 nitrogen and oxygen atoms in total. The van der Waals surface area contributed by atoms with Gasteiger partial charge in [0.1, 0.15) is 0 Å². The Balaban J connectivity index is 0.000000227. The summed E-state index contributed by atoms with van der Waals surface area (Å²) in [5, 5.41) is 3.10. The number of aromatic nitrogens is 2. The van der Waals surface area contributed by atoms with Crippen LogP contribution in [0.25, 0.3) is 0 Å². The maximum absolute atomic E-state index is 3.98. The Hall–Kier alpha value is -1.22. The van der Waals surface area contributed by atoms with E-state index >= 15 is 0 Å². The Morgan fingerprint density at radius 3 is 1.93 bits per heavy atom. The molecule has 2 heterocycles. The SMILES string of the molecule is CC.Cc1ccccn1.Cc1nccs1. The molecule has 0 spiro atoms. The highest BCUT2D eigenvalue weighted by atomic mass is 32.1. The molecule has 0 bridgehead atoms. The van der Waals surface area contributed by atoms with E-state index in [-0.39, 0.29) is 0 Å². The summed E-state index contributed by atoms with van der Waals surface area (Å²) in [6, 6.07) is 5.86. The quantitative estimate of drug-likeness (QED) is 0.676. The van der Waals surface area contributed by atoms with Gasteiger partial charge in [-0.05, 0) is 26.0 Å². The molecule has 0 N–H and O–H groups in total. The molecule has 2 aromatic rings. The van der Waals surface area contributed by atoms with E-state index in [1.54, 1.807) is 23.7 Å². The summed E-state index contributed by atoms with van der Waals surface area (Å²) < 4.78 is 0. The van der Waals surface area contributed by atoms with E-state index in [1.165, 1.54) is 0 Å². The maximum Gasteiger partial charge on any atom is 0.0893 e. The minimum absolute atomic E-state index is 1.07. The molecule has 0 atom stereocenters. The van der Waals surface area contributed by atoms with E-state index in [4.69, 9.17) is 0 Å². The largest absolute Gasteiger partial charge is 0.262 e. The second-order valence-electron chi connectivity index (χ2n) is 2.52. The molecule has 0 aromatic carbocycles. The van der Waals surface area contributed by atoms with E-state index in [0.717, 1.165) is 10.7 Å². The molecule has 2 aromatic heterocycles. The van der Waals surface area contributed by atoms with Crippen molar-refractivity contribution in [2.24, 2.45) is 0 Å². The molecule has 0 aliphatic rings. The van der Waals surface area contributed by atoms with Crippen LogP contribution in [0.1, 0.15) is 24.5 Å². The van der Waals surface area contributed by atoms with Crippen molar-refractivity contribution in [3.63, 3.8) is 0 Å². The highest BCUT2D eigenvalue weighted by Gasteiger charge is 1.76. The van der Waals surface area contributed by atoms with Crippen molar-refractivity contribution >= 4 is 11.3 Å². The third-order valence-corrected chi connectivity index (χ3v) is 2.07. The van der Waals surface area contributed by atoms with Gasteiger partial charge in [0.2, 0.25) is 0 Å². The first-order valence-corrected chi connectivity index (χ1v) is 5.91. The van der Waals surface area contributed by atoms with Crippen molar-refractivity contribution in [3.8, 4) is 0 Å². The molecule has 2 rings (SSSR count). The smallest absolute Gasteiger partial charge is 0.0893 e. The first-order chi connectivity index (χ1) is 7.29. The van der Waals surface area contributed by atoms with Gasteiger partial charge in [0.05, 0.1) is 5.01 Å². The van der Waals surface area contributed by atoms with Gasteiger partial charge in [-0.3, -0.25) is 9.97 Å². The molecule has 0 fully saturated rings. The molecule has 15 heavy (non-hydrogen) atoms. The van der Waals surface area contributed by atoms with Crippen LogP contribution < -0.4 is 0 Å². The lowest BCUT2D eigenvalue weighted by atomic mass is 10.4. The monoisotopic (exact) mass is 222 g/mol. The summed E-state index contributed by atoms with van der Waals surface area (Å²) in [5.74, 6) is 0. The lowest BCUT2D eigenvalue weighted by Gasteiger charge is -1.82. The van der Waals surface area contributed by atoms with Crippen molar-refractivity contribution in [3.05, 3.63) is 46.7 Å². The normalized spacial score (nSPS) is 8.00. The van der Waals surface area contributed by atoms with Crippen molar-refractivity contribution in [1.82, 2.24) is 9.97 Å². The minimum Gasteiger partial charge on any atom is -0.262 e. The van der Waals surface area contributed by atoms with E-state index in [1.807, 2.05) is 51.3 Å². The lowest BCUT2D eigenvalue weighted by Crippen LogP contribution is -1.72. The van der Waals surface area contributed by atoms with Crippen LogP contribution in [-0.2, 0) is 0 Å². The van der Waals surface area contributed by atoms with Gasteiger partial charge in [-0.15, -0.1) is 11.3 Å². The maximum atomic E-state index is 3.98. The summed E-state index contributed by atoms with van der Waals surface area (Å²) in [6.45, 7) is 7.96. The van der Waals surface area contributed by atoms with Gasteiger partial charge in [0.15, 0.2) is 0 Å². The molecule has 82 valence electrons. The Morgan fingerprint density at radius 2 is 1.73 bits per heavy atom. The Kier molecular flexibility index (Phi) is 8.58. The van der Waals surface area contributed by atoms with Crippen molar-refractivity contribution in [2.45, 2.75) is 27.7 Å². The number of rotatable bonds is 0. The fourth-order valence-corrected chi connectivity index (χ4v) is 1.18. The fourth-order valence-electron chi connectivity index (χ4n) is 0.743. The molecule has 0 aliphatic heterocycles. The van der Waals surface area contributed by atoms with Gasteiger partial charge >= 0.3 is 0 Å². The number of hydrogen-bond acceptors (Lipinski definition) is 3. The highest BCUT2D eigenvalue weighted by Crippen LogP contribution is 1.98. The van der Waals surface area contributed by atoms with Crippen LogP contribution in [0.2, 0.25) is 0 Å². The van der Waals surface area contributed by atoms with E-state index in [9.17, 15) is 0 Å². The highest BCUT2D eigenvalue weighted by molar-refractivity contribution is 7.09. The van der Waals surface area contributed by atoms with Crippen LogP contribution in [0, 0.1) is 13.8 Å². The standard InChI is InChI=1S/C6H7N.C4H5NS.C2H6/c1-6-4-2-3-5-7-6;1-4-5-2-3-6-4;1-2/h2-5H,1H3;2-3H,1H3;1-2H3. The van der Waals surface area contributed by atoms with Gasteiger partial charge in [0, 0.05) is 23.5 Å². The number of aryl methyl sites for hydroxylation is 2. The van der Waals surface area contributed by atoms with Crippen LogP contribution in [-0.4, -0.2) is 9.97 Å². The number of thiazole rings is 1. The number of nitrogens with zero attached hydrogens (tertiary/aromatic N) is 2. The topological polar surface area (TPSA) is 25.8 Å². The first-order valence-electron chi connectivity index (χ1n) is 5.03. The Morgan fingerprint density at radius 1 is 1.00 bits per heavy atom. The van der Waals surface area contributed by atoms with Crippen molar-refractivity contribution in [2.75, 3.05) is 0 Å². The summed E-state index contributed by atoms with van der Waals surface area (Å²) in [4.78, 5) is 7.91. The average Bonchev–Trinajstić information content (AvgIpc) is 2.74. The fraction of sp³-hybridized carbons (Fsp3) is 0.333. The van der Waals surface area contributed by atoms with Crippen LogP contribution in [0.3, 0.4) is 0 Å². The molecule has 0 amide bonds. The van der Waals surface area contributed by atoms with Crippen LogP contribution in [0.5, 0.6) is 0 Å². The molecule has 0 saturated heterocycles. The average molecular weight is 222 g/mol. The molecule has 3 heteroatoms. The predicted molar refractivity (Wildman–Crippen MR) is 67.2 cm³/mol. The van der Waals surface area contributed by atoms with Gasteiger partial charge < -0.3 is 0 Å². The van der Waals surface area contributed by atoms with E-state index in [2.05, 4.69) is 9.97 Å². The van der Waals surface area contributed by atoms with Crippen molar-refractivity contribution in [1.29, 1.82) is 0 Å². The molecule has 0 aliphatic carbocycles. The third-order valence-electron chi connectivity index (χ3n) is 1.37. The van der Waals surface area contributed by atoms with Crippen LogP contribution in [0.4, 0.5) is 0 Å². The summed E-state index contributed by atoms with van der Waals surface area (Å²) in [5.41, 5.74) is 1.07. The van der Waals surface area contributed by atoms with Gasteiger partial charge in [-0.25, -0.2) is 0 Å². The minimum atomic E-state index is 1.07. The molecular formula is C12H18N2S. The summed E-state index contributed by atoms with van der Waals surface area (Å²) in [6.07, 6.45) is 3.59. The summed E-state index contributed by atoms with van der Waals surface area (Å²) in [7, 11) is 0. The third kappa shape index (κ3) is 7.82. The van der Waals surface area contributed by atoms with Gasteiger partial charge in [-0.2, -0.15) is 0 Å². The Labute approximate surface area is 96.0 Å². The predicted octanol–water partition coefficient (Wildman–Crippen LogP) is 3.87. The van der Waals surface area contributed by atoms with Crippen molar-refractivity contribution < 1.29 is 0 Å². The second-order valence-corrected chi connectivity index (χ2v) is 3.62.